The molecule has 0 saturated carbocycles. The maximum Gasteiger partial charge on any atom is 0.258 e. The summed E-state index contributed by atoms with van der Waals surface area (Å²) in [6, 6.07) is 29.4. The number of aromatic nitrogens is 2. The Morgan fingerprint density at radius 2 is 1.71 bits per heavy atom. The smallest absolute Gasteiger partial charge is 0.258 e. The minimum Gasteiger partial charge on any atom is -0.484 e. The number of hydrogen-bond acceptors (Lipinski definition) is 3. The second-order valence-electron chi connectivity index (χ2n) is 8.21. The summed E-state index contributed by atoms with van der Waals surface area (Å²) in [6.45, 7) is 2.51. The fourth-order valence-electron chi connectivity index (χ4n) is 4.22. The molecule has 1 aromatic heterocycles. The Kier molecular flexibility index (Phi) is 6.19. The molecule has 1 atom stereocenters. The molecule has 1 amide bonds. The van der Waals surface area contributed by atoms with E-state index in [2.05, 4.69) is 52.3 Å². The summed E-state index contributed by atoms with van der Waals surface area (Å²) in [4.78, 5) is 17.5. The van der Waals surface area contributed by atoms with Gasteiger partial charge in [-0.2, -0.15) is 0 Å². The van der Waals surface area contributed by atoms with Crippen LogP contribution in [0.3, 0.4) is 0 Å². The van der Waals surface area contributed by atoms with Crippen LogP contribution in [0.25, 0.3) is 21.8 Å². The number of benzene rings is 4. The van der Waals surface area contributed by atoms with Crippen LogP contribution in [0.5, 0.6) is 5.75 Å². The zero-order chi connectivity index (χ0) is 23.5. The van der Waals surface area contributed by atoms with Crippen LogP contribution < -0.4 is 10.1 Å². The molecule has 5 rings (SSSR count). The molecule has 0 radical (unpaired) electrons. The first-order chi connectivity index (χ1) is 16.6. The van der Waals surface area contributed by atoms with E-state index in [9.17, 15) is 4.79 Å². The summed E-state index contributed by atoms with van der Waals surface area (Å²) >= 11 is 5.91. The Balaban J connectivity index is 1.40. The highest BCUT2D eigenvalue weighted by atomic mass is 35.5. The molecular weight excluding hydrogens is 446 g/mol. The second kappa shape index (κ2) is 9.57. The lowest BCUT2D eigenvalue weighted by molar-refractivity contribution is -0.123. The van der Waals surface area contributed by atoms with Crippen molar-refractivity contribution in [3.63, 3.8) is 0 Å². The van der Waals surface area contributed by atoms with Crippen LogP contribution in [0, 0.1) is 0 Å². The van der Waals surface area contributed by atoms with E-state index in [1.807, 2.05) is 31.2 Å². The van der Waals surface area contributed by atoms with Gasteiger partial charge in [-0.05, 0) is 59.7 Å². The van der Waals surface area contributed by atoms with Crippen LogP contribution in [-0.4, -0.2) is 22.1 Å². The number of amides is 1. The molecule has 5 nitrogen and oxygen atoms in total. The number of halogens is 1. The van der Waals surface area contributed by atoms with E-state index < -0.39 is 0 Å². The summed E-state index contributed by atoms with van der Waals surface area (Å²) in [5.74, 6) is 1.18. The van der Waals surface area contributed by atoms with Crippen LogP contribution in [0.4, 0.5) is 0 Å². The first-order valence-corrected chi connectivity index (χ1v) is 11.6. The standard InChI is InChI=1S/C28H24ClN3O2/c1-19(30-27(33)18-34-23-15-13-22(29)14-16-23)28-31-25-11-4-5-12-26(25)32(28)17-21-9-6-8-20-7-2-3-10-24(20)21/h2-16,19H,17-18H2,1H3,(H,30,33). The lowest BCUT2D eigenvalue weighted by Crippen LogP contribution is -2.32. The van der Waals surface area contributed by atoms with Gasteiger partial charge in [-0.3, -0.25) is 4.79 Å². The van der Waals surface area contributed by atoms with Crippen molar-refractivity contribution in [3.05, 3.63) is 107 Å². The van der Waals surface area contributed by atoms with Crippen LogP contribution in [-0.2, 0) is 11.3 Å². The highest BCUT2D eigenvalue weighted by Gasteiger charge is 2.19. The third-order valence-corrected chi connectivity index (χ3v) is 6.09. The van der Waals surface area contributed by atoms with E-state index in [0.29, 0.717) is 17.3 Å². The zero-order valence-electron chi connectivity index (χ0n) is 18.7. The number of hydrogen-bond donors (Lipinski definition) is 1. The van der Waals surface area contributed by atoms with Crippen molar-refractivity contribution in [2.24, 2.45) is 0 Å². The molecular formula is C28H24ClN3O2. The molecule has 5 aromatic rings. The number of ether oxygens (including phenoxy) is 1. The van der Waals surface area contributed by atoms with Crippen molar-refractivity contribution in [2.75, 3.05) is 6.61 Å². The Labute approximate surface area is 203 Å². The highest BCUT2D eigenvalue weighted by Crippen LogP contribution is 2.25. The fraction of sp³-hybridized carbons (Fsp3) is 0.143. The van der Waals surface area contributed by atoms with Crippen LogP contribution in [0.2, 0.25) is 5.02 Å². The molecule has 4 aromatic carbocycles. The van der Waals surface area contributed by atoms with Gasteiger partial charge in [-0.15, -0.1) is 0 Å². The lowest BCUT2D eigenvalue weighted by atomic mass is 10.0. The van der Waals surface area contributed by atoms with Crippen molar-refractivity contribution in [2.45, 2.75) is 19.5 Å². The molecule has 0 aliphatic heterocycles. The van der Waals surface area contributed by atoms with E-state index in [4.69, 9.17) is 21.3 Å². The molecule has 6 heteroatoms. The maximum absolute atomic E-state index is 12.6. The summed E-state index contributed by atoms with van der Waals surface area (Å²) in [5.41, 5.74) is 3.13. The summed E-state index contributed by atoms with van der Waals surface area (Å²) < 4.78 is 7.78. The first kappa shape index (κ1) is 22.0. The van der Waals surface area contributed by atoms with Gasteiger partial charge in [0.15, 0.2) is 6.61 Å². The molecule has 1 N–H and O–H groups in total. The van der Waals surface area contributed by atoms with Gasteiger partial charge in [0, 0.05) is 5.02 Å². The monoisotopic (exact) mass is 469 g/mol. The molecule has 0 spiro atoms. The van der Waals surface area contributed by atoms with Gasteiger partial charge in [0.25, 0.3) is 5.91 Å². The zero-order valence-corrected chi connectivity index (χ0v) is 19.5. The number of nitrogens with zero attached hydrogens (tertiary/aromatic N) is 2. The number of nitrogens with one attached hydrogen (secondary N) is 1. The van der Waals surface area contributed by atoms with Crippen molar-refractivity contribution in [1.29, 1.82) is 0 Å². The van der Waals surface area contributed by atoms with Crippen molar-refractivity contribution in [3.8, 4) is 5.75 Å². The van der Waals surface area contributed by atoms with E-state index >= 15 is 0 Å². The first-order valence-electron chi connectivity index (χ1n) is 11.2. The van der Waals surface area contributed by atoms with Crippen LogP contribution >= 0.6 is 11.6 Å². The topological polar surface area (TPSA) is 56.1 Å². The highest BCUT2D eigenvalue weighted by molar-refractivity contribution is 6.30. The molecule has 34 heavy (non-hydrogen) atoms. The molecule has 0 fully saturated rings. The van der Waals surface area contributed by atoms with E-state index in [0.717, 1.165) is 16.9 Å². The predicted molar refractivity (Wildman–Crippen MR) is 136 cm³/mol. The lowest BCUT2D eigenvalue weighted by Gasteiger charge is -2.17. The fourth-order valence-corrected chi connectivity index (χ4v) is 4.34. The quantitative estimate of drug-likeness (QED) is 0.311. The molecule has 1 unspecified atom stereocenters. The largest absolute Gasteiger partial charge is 0.484 e. The number of fused-ring (bicyclic) bond motifs is 2. The predicted octanol–water partition coefficient (Wildman–Crippen LogP) is 6.15. The van der Waals surface area contributed by atoms with Gasteiger partial charge < -0.3 is 14.6 Å². The Hall–Kier alpha value is -3.83. The number of carbonyl (C=O) groups excluding carboxylic acids is 1. The van der Waals surface area contributed by atoms with Gasteiger partial charge in [0.2, 0.25) is 0 Å². The Morgan fingerprint density at radius 1 is 0.971 bits per heavy atom. The van der Waals surface area contributed by atoms with E-state index in [1.165, 1.54) is 16.3 Å². The maximum atomic E-state index is 12.6. The minimum atomic E-state index is -0.302. The van der Waals surface area contributed by atoms with Crippen LogP contribution in [0.15, 0.2) is 91.0 Å². The molecule has 170 valence electrons. The molecule has 0 aliphatic carbocycles. The average Bonchev–Trinajstić information content (AvgIpc) is 3.22. The second-order valence-corrected chi connectivity index (χ2v) is 8.65. The number of para-hydroxylation sites is 2. The molecule has 0 bridgehead atoms. The van der Waals surface area contributed by atoms with Gasteiger partial charge in [-0.1, -0.05) is 66.2 Å². The van der Waals surface area contributed by atoms with Crippen molar-refractivity contribution >= 4 is 39.3 Å². The SMILES string of the molecule is CC(NC(=O)COc1ccc(Cl)cc1)c1nc2ccccc2n1Cc1cccc2ccccc12. The third kappa shape index (κ3) is 4.61. The Morgan fingerprint density at radius 3 is 2.56 bits per heavy atom. The van der Waals surface area contributed by atoms with Gasteiger partial charge in [0.05, 0.1) is 23.6 Å². The van der Waals surface area contributed by atoms with Crippen molar-refractivity contribution in [1.82, 2.24) is 14.9 Å². The normalized spacial score (nSPS) is 12.1. The van der Waals surface area contributed by atoms with Gasteiger partial charge in [-0.25, -0.2) is 4.98 Å². The number of carbonyl (C=O) groups is 1. The van der Waals surface area contributed by atoms with E-state index in [1.54, 1.807) is 24.3 Å². The average molecular weight is 470 g/mol. The van der Waals surface area contributed by atoms with Gasteiger partial charge in [0.1, 0.15) is 11.6 Å². The number of rotatable bonds is 7. The third-order valence-electron chi connectivity index (χ3n) is 5.84. The molecule has 1 heterocycles. The molecule has 0 saturated heterocycles. The Bertz CT molecular complexity index is 1450. The summed E-state index contributed by atoms with van der Waals surface area (Å²) in [5, 5.41) is 6.06. The van der Waals surface area contributed by atoms with Crippen LogP contribution in [0.1, 0.15) is 24.4 Å². The van der Waals surface area contributed by atoms with E-state index in [-0.39, 0.29) is 18.6 Å². The summed E-state index contributed by atoms with van der Waals surface area (Å²) in [6.07, 6.45) is 0. The summed E-state index contributed by atoms with van der Waals surface area (Å²) in [7, 11) is 0. The van der Waals surface area contributed by atoms with Crippen molar-refractivity contribution < 1.29 is 9.53 Å². The van der Waals surface area contributed by atoms with Gasteiger partial charge >= 0.3 is 0 Å². The number of imidazole rings is 1. The minimum absolute atomic E-state index is 0.0878. The molecule has 0 aliphatic rings.